The van der Waals surface area contributed by atoms with Gasteiger partial charge in [-0.05, 0) is 43.2 Å². The lowest BCUT2D eigenvalue weighted by Gasteiger charge is -2.09. The summed E-state index contributed by atoms with van der Waals surface area (Å²) in [6.07, 6.45) is 1.61. The summed E-state index contributed by atoms with van der Waals surface area (Å²) in [7, 11) is 0. The van der Waals surface area contributed by atoms with Crippen LogP contribution in [0, 0.1) is 25.7 Å². The van der Waals surface area contributed by atoms with Gasteiger partial charge in [0.05, 0.1) is 6.54 Å². The van der Waals surface area contributed by atoms with Crippen LogP contribution < -0.4 is 11.1 Å². The summed E-state index contributed by atoms with van der Waals surface area (Å²) in [4.78, 5) is 16.4. The van der Waals surface area contributed by atoms with E-state index in [-0.39, 0.29) is 5.91 Å². The molecule has 21 heavy (non-hydrogen) atoms. The largest absolute Gasteiger partial charge is 0.320 e. The van der Waals surface area contributed by atoms with Gasteiger partial charge in [-0.1, -0.05) is 24.0 Å². The molecule has 0 spiro atoms. The molecular formula is C17H17N3O. The van der Waals surface area contributed by atoms with Crippen molar-refractivity contribution < 1.29 is 4.79 Å². The minimum absolute atomic E-state index is 0.222. The van der Waals surface area contributed by atoms with E-state index < -0.39 is 0 Å². The van der Waals surface area contributed by atoms with Crippen molar-refractivity contribution >= 4 is 11.6 Å². The van der Waals surface area contributed by atoms with Crippen molar-refractivity contribution in [3.8, 4) is 11.8 Å². The normalized spacial score (nSPS) is 9.67. The molecule has 0 aliphatic rings. The fourth-order valence-corrected chi connectivity index (χ4v) is 1.89. The Morgan fingerprint density at radius 1 is 1.29 bits per heavy atom. The van der Waals surface area contributed by atoms with Crippen molar-refractivity contribution in [2.45, 2.75) is 13.8 Å². The molecule has 0 aliphatic carbocycles. The summed E-state index contributed by atoms with van der Waals surface area (Å²) in [5.41, 5.74) is 9.15. The standard InChI is InChI=1S/C17H17N3O/c1-12-7-8-14(6-3-9-18)11-15(12)20-17(21)16-13(2)5-4-10-19-16/h4-5,7-8,10-11H,9,18H2,1-2H3,(H,20,21). The maximum Gasteiger partial charge on any atom is 0.274 e. The molecule has 1 heterocycles. The average molecular weight is 279 g/mol. The summed E-state index contributed by atoms with van der Waals surface area (Å²) in [5, 5.41) is 2.88. The first-order valence-corrected chi connectivity index (χ1v) is 6.64. The molecule has 0 unspecified atom stereocenters. The second-order valence-corrected chi connectivity index (χ2v) is 4.66. The molecule has 1 amide bonds. The van der Waals surface area contributed by atoms with Crippen LogP contribution in [0.1, 0.15) is 27.2 Å². The molecule has 2 aromatic rings. The summed E-state index contributed by atoms with van der Waals surface area (Å²) in [5.74, 6) is 5.53. The molecule has 0 aliphatic heterocycles. The molecule has 0 radical (unpaired) electrons. The van der Waals surface area contributed by atoms with E-state index in [9.17, 15) is 4.79 Å². The lowest BCUT2D eigenvalue weighted by Crippen LogP contribution is -2.15. The zero-order valence-electron chi connectivity index (χ0n) is 12.1. The van der Waals surface area contributed by atoms with Gasteiger partial charge in [0.25, 0.3) is 5.91 Å². The monoisotopic (exact) mass is 279 g/mol. The van der Waals surface area contributed by atoms with Gasteiger partial charge < -0.3 is 11.1 Å². The maximum atomic E-state index is 12.3. The second-order valence-electron chi connectivity index (χ2n) is 4.66. The van der Waals surface area contributed by atoms with Gasteiger partial charge in [-0.15, -0.1) is 0 Å². The summed E-state index contributed by atoms with van der Waals surface area (Å²) in [6.45, 7) is 4.10. The zero-order valence-corrected chi connectivity index (χ0v) is 12.1. The fraction of sp³-hybridized carbons (Fsp3) is 0.176. The Kier molecular flexibility index (Phi) is 4.70. The van der Waals surface area contributed by atoms with Crippen LogP contribution in [-0.2, 0) is 0 Å². The fourth-order valence-electron chi connectivity index (χ4n) is 1.89. The van der Waals surface area contributed by atoms with Crippen LogP contribution in [0.4, 0.5) is 5.69 Å². The Morgan fingerprint density at radius 3 is 2.81 bits per heavy atom. The Hall–Kier alpha value is -2.64. The summed E-state index contributed by atoms with van der Waals surface area (Å²) in [6, 6.07) is 9.33. The van der Waals surface area contributed by atoms with Crippen molar-refractivity contribution in [2.24, 2.45) is 5.73 Å². The molecule has 106 valence electrons. The number of nitrogens with one attached hydrogen (secondary N) is 1. The number of aryl methyl sites for hydroxylation is 2. The number of nitrogens with zero attached hydrogens (tertiary/aromatic N) is 1. The van der Waals surface area contributed by atoms with Crippen LogP contribution in [0.2, 0.25) is 0 Å². The zero-order chi connectivity index (χ0) is 15.2. The number of benzene rings is 1. The second kappa shape index (κ2) is 6.69. The molecular weight excluding hydrogens is 262 g/mol. The highest BCUT2D eigenvalue weighted by Crippen LogP contribution is 2.17. The predicted octanol–water partition coefficient (Wildman–Crippen LogP) is 2.26. The number of hydrogen-bond acceptors (Lipinski definition) is 3. The minimum atomic E-state index is -0.222. The van der Waals surface area contributed by atoms with Crippen LogP contribution in [0.3, 0.4) is 0 Å². The van der Waals surface area contributed by atoms with E-state index in [2.05, 4.69) is 22.1 Å². The molecule has 2 rings (SSSR count). The van der Waals surface area contributed by atoms with Gasteiger partial charge in [0.2, 0.25) is 0 Å². The quantitative estimate of drug-likeness (QED) is 0.829. The van der Waals surface area contributed by atoms with Crippen molar-refractivity contribution in [3.05, 3.63) is 58.9 Å². The van der Waals surface area contributed by atoms with Crippen molar-refractivity contribution in [2.75, 3.05) is 11.9 Å². The molecule has 0 saturated carbocycles. The van der Waals surface area contributed by atoms with Gasteiger partial charge in [0.15, 0.2) is 0 Å². The number of nitrogens with two attached hydrogens (primary N) is 1. The first kappa shape index (κ1) is 14.8. The third-order valence-electron chi connectivity index (χ3n) is 3.05. The van der Waals surface area contributed by atoms with E-state index in [4.69, 9.17) is 5.73 Å². The van der Waals surface area contributed by atoms with Gasteiger partial charge in [-0.3, -0.25) is 9.78 Å². The molecule has 0 bridgehead atoms. The lowest BCUT2D eigenvalue weighted by atomic mass is 10.1. The van der Waals surface area contributed by atoms with Crippen LogP contribution in [-0.4, -0.2) is 17.4 Å². The lowest BCUT2D eigenvalue weighted by molar-refractivity contribution is 0.102. The molecule has 1 aromatic carbocycles. The van der Waals surface area contributed by atoms with Gasteiger partial charge in [0, 0.05) is 17.4 Å². The number of aromatic nitrogens is 1. The number of carbonyl (C=O) groups is 1. The Balaban J connectivity index is 2.27. The number of hydrogen-bond donors (Lipinski definition) is 2. The van der Waals surface area contributed by atoms with Crippen molar-refractivity contribution in [3.63, 3.8) is 0 Å². The first-order chi connectivity index (χ1) is 10.1. The van der Waals surface area contributed by atoms with Crippen molar-refractivity contribution in [1.29, 1.82) is 0 Å². The molecule has 4 heteroatoms. The molecule has 0 atom stereocenters. The highest BCUT2D eigenvalue weighted by Gasteiger charge is 2.11. The third-order valence-corrected chi connectivity index (χ3v) is 3.05. The summed E-state index contributed by atoms with van der Waals surface area (Å²) >= 11 is 0. The Morgan fingerprint density at radius 2 is 2.10 bits per heavy atom. The van der Waals surface area contributed by atoms with Crippen LogP contribution in [0.5, 0.6) is 0 Å². The minimum Gasteiger partial charge on any atom is -0.320 e. The van der Waals surface area contributed by atoms with Gasteiger partial charge in [-0.2, -0.15) is 0 Å². The maximum absolute atomic E-state index is 12.3. The van der Waals surface area contributed by atoms with Crippen LogP contribution >= 0.6 is 0 Å². The highest BCUT2D eigenvalue weighted by atomic mass is 16.1. The molecule has 1 aromatic heterocycles. The number of amides is 1. The molecule has 4 nitrogen and oxygen atoms in total. The number of carbonyl (C=O) groups excluding carboxylic acids is 1. The predicted molar refractivity (Wildman–Crippen MR) is 84.0 cm³/mol. The van der Waals surface area contributed by atoms with Crippen LogP contribution in [0.15, 0.2) is 36.5 Å². The Labute approximate surface area is 124 Å². The molecule has 0 saturated heterocycles. The topological polar surface area (TPSA) is 68.0 Å². The van der Waals surface area contributed by atoms with Gasteiger partial charge in [-0.25, -0.2) is 0 Å². The smallest absolute Gasteiger partial charge is 0.274 e. The van der Waals surface area contributed by atoms with E-state index in [0.29, 0.717) is 12.2 Å². The SMILES string of the molecule is Cc1ccc(C#CCN)cc1NC(=O)c1ncccc1C. The van der Waals surface area contributed by atoms with Crippen LogP contribution in [0.25, 0.3) is 0 Å². The third kappa shape index (κ3) is 3.68. The van der Waals surface area contributed by atoms with Gasteiger partial charge in [0.1, 0.15) is 5.69 Å². The van der Waals surface area contributed by atoms with E-state index in [1.807, 2.05) is 38.1 Å². The summed E-state index contributed by atoms with van der Waals surface area (Å²) < 4.78 is 0. The van der Waals surface area contributed by atoms with E-state index >= 15 is 0 Å². The van der Waals surface area contributed by atoms with Gasteiger partial charge >= 0.3 is 0 Å². The Bertz CT molecular complexity index is 726. The van der Waals surface area contributed by atoms with E-state index in [1.54, 1.807) is 12.3 Å². The molecule has 0 fully saturated rings. The highest BCUT2D eigenvalue weighted by molar-refractivity contribution is 6.04. The average Bonchev–Trinajstić information content (AvgIpc) is 2.48. The first-order valence-electron chi connectivity index (χ1n) is 6.64. The number of rotatable bonds is 2. The van der Waals surface area contributed by atoms with E-state index in [0.717, 1.165) is 22.4 Å². The van der Waals surface area contributed by atoms with E-state index in [1.165, 1.54) is 0 Å². The molecule has 3 N–H and O–H groups in total. The number of pyridine rings is 1. The number of anilines is 1. The van der Waals surface area contributed by atoms with Crippen molar-refractivity contribution in [1.82, 2.24) is 4.98 Å².